The molecule has 0 bridgehead atoms. The molecule has 11 heteroatoms. The molecule has 0 aliphatic heterocycles. The van der Waals surface area contributed by atoms with Crippen molar-refractivity contribution in [2.45, 2.75) is 11.3 Å². The Morgan fingerprint density at radius 2 is 1.61 bits per heavy atom. The van der Waals surface area contributed by atoms with Crippen molar-refractivity contribution in [1.29, 1.82) is 0 Å². The van der Waals surface area contributed by atoms with Crippen molar-refractivity contribution in [2.75, 3.05) is 47.8 Å². The fraction of sp³-hybridized carbons (Fsp3) is 0.400. The molecule has 0 unspecified atom stereocenters. The summed E-state index contributed by atoms with van der Waals surface area (Å²) in [4.78, 5) is -0.00150. The average Bonchev–Trinajstić information content (AvgIpc) is 2.67. The molecular weight excluding hydrogens is 459 g/mol. The largest absolute Gasteiger partial charge is 0.311 e. The zero-order valence-electron chi connectivity index (χ0n) is 18.1. The van der Waals surface area contributed by atoms with Gasteiger partial charge in [0, 0.05) is 20.6 Å². The fourth-order valence-electron chi connectivity index (χ4n) is 2.56. The second-order valence-corrected chi connectivity index (χ2v) is 10.9. The van der Waals surface area contributed by atoms with E-state index in [1.54, 1.807) is 0 Å². The number of halogens is 2. The van der Waals surface area contributed by atoms with Crippen LogP contribution in [0, 0.1) is 0 Å². The zero-order valence-corrected chi connectivity index (χ0v) is 20.5. The van der Waals surface area contributed by atoms with Crippen LogP contribution in [-0.4, -0.2) is 65.1 Å². The van der Waals surface area contributed by atoms with E-state index in [-0.39, 0.29) is 20.6 Å². The van der Waals surface area contributed by atoms with Gasteiger partial charge in [-0.2, -0.15) is 11.0 Å². The molecule has 0 spiro atoms. The lowest BCUT2D eigenvalue weighted by Crippen LogP contribution is -2.50. The van der Waals surface area contributed by atoms with E-state index in [1.165, 1.54) is 31.8 Å². The molecule has 0 amide bonds. The van der Waals surface area contributed by atoms with Crippen LogP contribution >= 0.6 is 23.2 Å². The van der Waals surface area contributed by atoms with E-state index in [0.717, 1.165) is 30.4 Å². The molecular formula is C20H29Cl2N6O2S+. The highest BCUT2D eigenvalue weighted by atomic mass is 35.5. The second-order valence-electron chi connectivity index (χ2n) is 7.89. The maximum Gasteiger partial charge on any atom is 0.242 e. The van der Waals surface area contributed by atoms with Crippen LogP contribution in [0.15, 0.2) is 51.5 Å². The highest BCUT2D eigenvalue weighted by Crippen LogP contribution is 2.37. The Balaban J connectivity index is 2.01. The van der Waals surface area contributed by atoms with E-state index in [9.17, 15) is 8.42 Å². The third-order valence-corrected chi connectivity index (χ3v) is 6.80. The molecule has 3 N–H and O–H groups in total. The summed E-state index contributed by atoms with van der Waals surface area (Å²) in [6.07, 6.45) is 0.884. The van der Waals surface area contributed by atoms with Crippen LogP contribution in [0.1, 0.15) is 5.56 Å². The number of hydrogen-bond acceptors (Lipinski definition) is 6. The van der Waals surface area contributed by atoms with Gasteiger partial charge in [0.15, 0.2) is 0 Å². The number of nitrogens with two attached hydrogens (primary N) is 1. The quantitative estimate of drug-likeness (QED) is 0.175. The molecule has 2 aromatic rings. The van der Waals surface area contributed by atoms with Crippen LogP contribution in [0.4, 0.5) is 11.4 Å². The number of rotatable bonds is 10. The Morgan fingerprint density at radius 1 is 1.03 bits per heavy atom. The summed E-state index contributed by atoms with van der Waals surface area (Å²) in [5, 5.41) is 11.9. The van der Waals surface area contributed by atoms with E-state index >= 15 is 0 Å². The summed E-state index contributed by atoms with van der Waals surface area (Å²) >= 11 is 12.4. The maximum absolute atomic E-state index is 12.3. The highest BCUT2D eigenvalue weighted by Gasteiger charge is 2.20. The van der Waals surface area contributed by atoms with Gasteiger partial charge in [-0.15, -0.1) is 5.11 Å². The van der Waals surface area contributed by atoms with E-state index in [1.807, 2.05) is 38.4 Å². The van der Waals surface area contributed by atoms with Crippen molar-refractivity contribution >= 4 is 44.6 Å². The first-order valence-corrected chi connectivity index (χ1v) is 11.8. The van der Waals surface area contributed by atoms with E-state index in [0.29, 0.717) is 10.3 Å². The summed E-state index contributed by atoms with van der Waals surface area (Å²) in [6, 6.07) is 10.3. The van der Waals surface area contributed by atoms with Crippen molar-refractivity contribution in [1.82, 2.24) is 9.62 Å². The maximum atomic E-state index is 12.3. The number of nitrogens with zero attached hydrogens (tertiary/aromatic N) is 4. The Morgan fingerprint density at radius 3 is 2.13 bits per heavy atom. The van der Waals surface area contributed by atoms with Crippen molar-refractivity contribution in [2.24, 2.45) is 16.1 Å². The van der Waals surface area contributed by atoms with Gasteiger partial charge < -0.3 is 5.32 Å². The minimum Gasteiger partial charge on any atom is -0.311 e. The monoisotopic (exact) mass is 487 g/mol. The summed E-state index contributed by atoms with van der Waals surface area (Å²) in [6.45, 7) is 2.56. The number of nitrogens with one attached hydrogen (secondary N) is 1. The third-order valence-electron chi connectivity index (χ3n) is 4.43. The molecule has 0 saturated heterocycles. The Bertz CT molecular complexity index is 996. The number of hydrogen-bond donors (Lipinski definition) is 2. The molecule has 170 valence electrons. The number of likely N-dealkylation sites (N-methyl/N-ethyl adjacent to an activating group) is 1. The van der Waals surface area contributed by atoms with Crippen molar-refractivity contribution in [3.8, 4) is 0 Å². The normalized spacial score (nSPS) is 12.8. The minimum absolute atomic E-state index is 0.00150. The lowest BCUT2D eigenvalue weighted by Gasteiger charge is -2.22. The molecule has 0 radical (unpaired) electrons. The lowest BCUT2D eigenvalue weighted by molar-refractivity contribution is -0.901. The molecule has 0 saturated carbocycles. The van der Waals surface area contributed by atoms with Crippen molar-refractivity contribution < 1.29 is 13.0 Å². The molecule has 2 aromatic carbocycles. The van der Waals surface area contributed by atoms with E-state index in [2.05, 4.69) is 15.5 Å². The Kier molecular flexibility index (Phi) is 8.96. The summed E-state index contributed by atoms with van der Waals surface area (Å²) in [5.41, 5.74) is 2.02. The zero-order chi connectivity index (χ0) is 23.2. The van der Waals surface area contributed by atoms with Gasteiger partial charge in [-0.05, 0) is 42.8 Å². The molecule has 8 nitrogen and oxygen atoms in total. The third kappa shape index (κ3) is 7.80. The van der Waals surface area contributed by atoms with Crippen LogP contribution in [0.25, 0.3) is 0 Å². The molecule has 0 heterocycles. The molecule has 0 aliphatic carbocycles. The lowest BCUT2D eigenvalue weighted by atomic mass is 10.1. The Labute approximate surface area is 194 Å². The van der Waals surface area contributed by atoms with Gasteiger partial charge in [0.2, 0.25) is 10.0 Å². The first kappa shape index (κ1) is 25.7. The molecule has 0 aromatic heterocycles. The number of benzene rings is 2. The van der Waals surface area contributed by atoms with Crippen LogP contribution in [-0.2, 0) is 16.4 Å². The predicted octanol–water partition coefficient (Wildman–Crippen LogP) is 3.74. The molecule has 0 atom stereocenters. The smallest absolute Gasteiger partial charge is 0.242 e. The standard InChI is InChI=1S/C20H29Cl2N6O2S/c1-27(2)31(29,30)17-13-18(21)20(19(22)14-17)26-25-16-7-5-15(6-8-16)9-10-24-11-12-28(3,4)23/h5-8,13-14,24H,9-12,23H2,1-4H3/q+1. The second kappa shape index (κ2) is 10.8. The van der Waals surface area contributed by atoms with Crippen LogP contribution < -0.4 is 11.2 Å². The summed E-state index contributed by atoms with van der Waals surface area (Å²) in [7, 11) is 3.13. The van der Waals surface area contributed by atoms with Crippen molar-refractivity contribution in [3.63, 3.8) is 0 Å². The van der Waals surface area contributed by atoms with E-state index in [4.69, 9.17) is 29.0 Å². The van der Waals surface area contributed by atoms with Gasteiger partial charge in [-0.1, -0.05) is 35.3 Å². The van der Waals surface area contributed by atoms with Gasteiger partial charge in [-0.3, -0.25) is 4.59 Å². The van der Waals surface area contributed by atoms with Gasteiger partial charge >= 0.3 is 0 Å². The minimum atomic E-state index is -3.65. The SMILES string of the molecule is CN(C)S(=O)(=O)c1cc(Cl)c(N=Nc2ccc(CCNCC[N+](C)(C)N)cc2)c(Cl)c1. The van der Waals surface area contributed by atoms with Gasteiger partial charge in [0.25, 0.3) is 0 Å². The topological polar surface area (TPSA) is 100 Å². The summed E-state index contributed by atoms with van der Waals surface area (Å²) in [5.74, 6) is 5.91. The van der Waals surface area contributed by atoms with Gasteiger partial charge in [-0.25, -0.2) is 12.7 Å². The van der Waals surface area contributed by atoms with Gasteiger partial charge in [0.1, 0.15) is 12.2 Å². The first-order chi connectivity index (χ1) is 14.4. The predicted molar refractivity (Wildman–Crippen MR) is 126 cm³/mol. The van der Waals surface area contributed by atoms with Crippen LogP contribution in [0.2, 0.25) is 10.0 Å². The van der Waals surface area contributed by atoms with Crippen molar-refractivity contribution in [3.05, 3.63) is 52.0 Å². The number of sulfonamides is 1. The van der Waals surface area contributed by atoms with Crippen LogP contribution in [0.3, 0.4) is 0 Å². The van der Waals surface area contributed by atoms with E-state index < -0.39 is 10.0 Å². The average molecular weight is 488 g/mol. The Hall–Kier alpha value is -1.59. The number of azo groups is 1. The molecule has 0 fully saturated rings. The highest BCUT2D eigenvalue weighted by molar-refractivity contribution is 7.89. The molecule has 0 aliphatic rings. The number of quaternary nitrogens is 1. The molecule has 31 heavy (non-hydrogen) atoms. The molecule has 2 rings (SSSR count). The fourth-order valence-corrected chi connectivity index (χ4v) is 4.21. The van der Waals surface area contributed by atoms with Gasteiger partial charge in [0.05, 0.1) is 34.7 Å². The first-order valence-electron chi connectivity index (χ1n) is 9.65. The summed E-state index contributed by atoms with van der Waals surface area (Å²) < 4.78 is 26.0. The van der Waals surface area contributed by atoms with Crippen LogP contribution in [0.5, 0.6) is 0 Å².